The van der Waals surface area contributed by atoms with Gasteiger partial charge >= 0.3 is 6.09 Å². The average molecular weight is 480 g/mol. The molecule has 2 atom stereocenters. The first-order valence-electron chi connectivity index (χ1n) is 11.6. The van der Waals surface area contributed by atoms with E-state index in [0.717, 1.165) is 12.8 Å². The van der Waals surface area contributed by atoms with Crippen LogP contribution in [0.15, 0.2) is 18.2 Å². The molecule has 34 heavy (non-hydrogen) atoms. The molecule has 1 aromatic carbocycles. The van der Waals surface area contributed by atoms with Gasteiger partial charge in [-0.1, -0.05) is 19.4 Å². The zero-order valence-electron chi connectivity index (χ0n) is 21.7. The van der Waals surface area contributed by atoms with Crippen molar-refractivity contribution in [3.63, 3.8) is 0 Å². The number of phenols is 1. The van der Waals surface area contributed by atoms with Gasteiger partial charge in [0.15, 0.2) is 0 Å². The summed E-state index contributed by atoms with van der Waals surface area (Å²) in [6, 6.07) is 2.34. The standard InChI is InChI=1S/C25H41N3O6/c1-9-10-13-26-21(31)20(17-11-12-19(30)16(2)14-17)28(24(3,4)5)22(32)18(15-29)27-23(33)34-25(6,7)8/h11-12,14,18,20,29-30H,9-10,13,15H2,1-8H3,(H,26,31)(H,27,33). The maximum absolute atomic E-state index is 13.7. The minimum Gasteiger partial charge on any atom is -0.508 e. The smallest absolute Gasteiger partial charge is 0.408 e. The molecule has 0 aromatic heterocycles. The van der Waals surface area contributed by atoms with Gasteiger partial charge in [-0.3, -0.25) is 9.59 Å². The molecule has 1 aromatic rings. The van der Waals surface area contributed by atoms with Crippen LogP contribution in [-0.2, 0) is 14.3 Å². The van der Waals surface area contributed by atoms with Crippen molar-refractivity contribution in [2.24, 2.45) is 0 Å². The van der Waals surface area contributed by atoms with Gasteiger partial charge < -0.3 is 30.5 Å². The van der Waals surface area contributed by atoms with Gasteiger partial charge in [0.1, 0.15) is 23.4 Å². The van der Waals surface area contributed by atoms with Crippen LogP contribution in [-0.4, -0.2) is 63.4 Å². The van der Waals surface area contributed by atoms with Crippen LogP contribution in [0.2, 0.25) is 0 Å². The van der Waals surface area contributed by atoms with Gasteiger partial charge in [-0.25, -0.2) is 4.79 Å². The fourth-order valence-electron chi connectivity index (χ4n) is 3.40. The van der Waals surface area contributed by atoms with Crippen LogP contribution in [0.1, 0.15) is 78.5 Å². The Labute approximate surface area is 202 Å². The number of hydrogen-bond donors (Lipinski definition) is 4. The summed E-state index contributed by atoms with van der Waals surface area (Å²) < 4.78 is 5.23. The number of alkyl carbamates (subject to hydrolysis) is 1. The number of ether oxygens (including phenoxy) is 1. The van der Waals surface area contributed by atoms with Crippen molar-refractivity contribution in [2.75, 3.05) is 13.2 Å². The number of phenolic OH excluding ortho intramolecular Hbond substituents is 1. The van der Waals surface area contributed by atoms with Crippen molar-refractivity contribution in [1.82, 2.24) is 15.5 Å². The predicted molar refractivity (Wildman–Crippen MR) is 130 cm³/mol. The molecule has 0 aliphatic rings. The third-order valence-electron chi connectivity index (χ3n) is 5.00. The van der Waals surface area contributed by atoms with E-state index in [2.05, 4.69) is 10.6 Å². The number of aromatic hydroxyl groups is 1. The quantitative estimate of drug-likeness (QED) is 0.403. The third kappa shape index (κ3) is 8.52. The van der Waals surface area contributed by atoms with Crippen molar-refractivity contribution in [1.29, 1.82) is 0 Å². The first kappa shape index (κ1) is 29.2. The molecule has 9 nitrogen and oxygen atoms in total. The molecule has 1 rings (SSSR count). The number of aliphatic hydroxyl groups is 1. The summed E-state index contributed by atoms with van der Waals surface area (Å²) in [5.41, 5.74) is -0.599. The molecule has 4 N–H and O–H groups in total. The summed E-state index contributed by atoms with van der Waals surface area (Å²) in [5, 5.41) is 25.2. The highest BCUT2D eigenvalue weighted by atomic mass is 16.6. The van der Waals surface area contributed by atoms with Crippen LogP contribution in [0.3, 0.4) is 0 Å². The minimum absolute atomic E-state index is 0.0716. The molecule has 0 fully saturated rings. The molecule has 0 saturated carbocycles. The molecular formula is C25H41N3O6. The fraction of sp³-hybridized carbons (Fsp3) is 0.640. The number of unbranched alkanes of at least 4 members (excludes halogenated alkanes) is 1. The monoisotopic (exact) mass is 479 g/mol. The second kappa shape index (κ2) is 12.1. The van der Waals surface area contributed by atoms with Gasteiger partial charge in [0.25, 0.3) is 0 Å². The zero-order chi connectivity index (χ0) is 26.3. The molecular weight excluding hydrogens is 438 g/mol. The number of amides is 3. The van der Waals surface area contributed by atoms with E-state index in [1.807, 2.05) is 6.92 Å². The first-order valence-corrected chi connectivity index (χ1v) is 11.6. The Hall–Kier alpha value is -2.81. The second-order valence-corrected chi connectivity index (χ2v) is 10.4. The molecule has 0 aliphatic heterocycles. The number of nitrogens with zero attached hydrogens (tertiary/aromatic N) is 1. The molecule has 0 aliphatic carbocycles. The number of hydrogen-bond acceptors (Lipinski definition) is 6. The van der Waals surface area contributed by atoms with Crippen molar-refractivity contribution >= 4 is 17.9 Å². The van der Waals surface area contributed by atoms with Gasteiger partial charge in [-0.15, -0.1) is 0 Å². The summed E-state index contributed by atoms with van der Waals surface area (Å²) in [6.45, 7) is 13.8. The Bertz CT molecular complexity index is 857. The zero-order valence-corrected chi connectivity index (χ0v) is 21.7. The summed E-state index contributed by atoms with van der Waals surface area (Å²) >= 11 is 0. The van der Waals surface area contributed by atoms with Crippen LogP contribution in [0.25, 0.3) is 0 Å². The lowest BCUT2D eigenvalue weighted by molar-refractivity contribution is -0.149. The van der Waals surface area contributed by atoms with Gasteiger partial charge in [0.2, 0.25) is 11.8 Å². The summed E-state index contributed by atoms with van der Waals surface area (Å²) in [4.78, 5) is 40.7. The van der Waals surface area contributed by atoms with Crippen LogP contribution in [0, 0.1) is 6.92 Å². The molecule has 3 amide bonds. The van der Waals surface area contributed by atoms with Crippen molar-refractivity contribution in [3.05, 3.63) is 29.3 Å². The van der Waals surface area contributed by atoms with Crippen LogP contribution < -0.4 is 10.6 Å². The summed E-state index contributed by atoms with van der Waals surface area (Å²) in [6.07, 6.45) is 0.811. The molecule has 0 heterocycles. The van der Waals surface area contributed by atoms with Gasteiger partial charge in [-0.2, -0.15) is 0 Å². The molecule has 0 radical (unpaired) electrons. The Morgan fingerprint density at radius 3 is 2.21 bits per heavy atom. The molecule has 9 heteroatoms. The molecule has 0 bridgehead atoms. The summed E-state index contributed by atoms with van der Waals surface area (Å²) in [7, 11) is 0. The Balaban J connectivity index is 3.46. The van der Waals surface area contributed by atoms with Gasteiger partial charge in [0.05, 0.1) is 6.61 Å². The van der Waals surface area contributed by atoms with Crippen LogP contribution in [0.4, 0.5) is 4.79 Å². The molecule has 192 valence electrons. The number of carbonyl (C=O) groups excluding carboxylic acids is 3. The fourth-order valence-corrected chi connectivity index (χ4v) is 3.40. The van der Waals surface area contributed by atoms with E-state index in [1.54, 1.807) is 60.6 Å². The highest BCUT2D eigenvalue weighted by molar-refractivity contribution is 5.92. The number of aryl methyl sites for hydroxylation is 1. The molecule has 2 unspecified atom stereocenters. The number of carbonyl (C=O) groups is 3. The molecule has 0 saturated heterocycles. The largest absolute Gasteiger partial charge is 0.508 e. The minimum atomic E-state index is -1.32. The van der Waals surface area contributed by atoms with Gasteiger partial charge in [0, 0.05) is 12.1 Å². The Kier molecular flexibility index (Phi) is 10.4. The number of benzene rings is 1. The van der Waals surface area contributed by atoms with Crippen LogP contribution >= 0.6 is 0 Å². The number of rotatable bonds is 9. The lowest BCUT2D eigenvalue weighted by Crippen LogP contribution is -2.59. The lowest BCUT2D eigenvalue weighted by atomic mass is 9.94. The highest BCUT2D eigenvalue weighted by Crippen LogP contribution is 2.32. The Morgan fingerprint density at radius 1 is 1.12 bits per heavy atom. The van der Waals surface area contributed by atoms with E-state index in [-0.39, 0.29) is 5.75 Å². The van der Waals surface area contributed by atoms with E-state index in [4.69, 9.17) is 4.74 Å². The SMILES string of the molecule is CCCCNC(=O)C(c1ccc(O)c(C)c1)N(C(=O)C(CO)NC(=O)OC(C)(C)C)C(C)(C)C. The van der Waals surface area contributed by atoms with Gasteiger partial charge in [-0.05, 0) is 78.1 Å². The molecule has 0 spiro atoms. The van der Waals surface area contributed by atoms with Crippen molar-refractivity contribution in [3.8, 4) is 5.75 Å². The first-order chi connectivity index (χ1) is 15.6. The van der Waals surface area contributed by atoms with Crippen molar-refractivity contribution < 1.29 is 29.3 Å². The van der Waals surface area contributed by atoms with E-state index < -0.39 is 47.7 Å². The predicted octanol–water partition coefficient (Wildman–Crippen LogP) is 3.17. The number of aliphatic hydroxyl groups excluding tert-OH is 1. The second-order valence-electron chi connectivity index (χ2n) is 10.4. The number of nitrogens with one attached hydrogen (secondary N) is 2. The topological polar surface area (TPSA) is 128 Å². The summed E-state index contributed by atoms with van der Waals surface area (Å²) in [5.74, 6) is -0.958. The maximum Gasteiger partial charge on any atom is 0.408 e. The average Bonchev–Trinajstić information content (AvgIpc) is 2.69. The maximum atomic E-state index is 13.7. The third-order valence-corrected chi connectivity index (χ3v) is 5.00. The van der Waals surface area contributed by atoms with Crippen LogP contribution in [0.5, 0.6) is 5.75 Å². The highest BCUT2D eigenvalue weighted by Gasteiger charge is 2.41. The van der Waals surface area contributed by atoms with E-state index >= 15 is 0 Å². The normalized spacial score (nSPS) is 13.6. The van der Waals surface area contributed by atoms with E-state index in [0.29, 0.717) is 17.7 Å². The van der Waals surface area contributed by atoms with E-state index in [1.165, 1.54) is 11.0 Å². The van der Waals surface area contributed by atoms with Crippen molar-refractivity contribution in [2.45, 2.75) is 91.5 Å². The Morgan fingerprint density at radius 2 is 1.74 bits per heavy atom. The van der Waals surface area contributed by atoms with E-state index in [9.17, 15) is 24.6 Å². The lowest BCUT2D eigenvalue weighted by Gasteiger charge is -2.43.